The van der Waals surface area contributed by atoms with Gasteiger partial charge in [-0.05, 0) is 44.4 Å². The van der Waals surface area contributed by atoms with E-state index in [0.29, 0.717) is 23.7 Å². The Morgan fingerprint density at radius 3 is 2.52 bits per heavy atom. The third-order valence-electron chi connectivity index (χ3n) is 4.54. The van der Waals surface area contributed by atoms with E-state index in [9.17, 15) is 9.59 Å². The second-order valence-electron chi connectivity index (χ2n) is 6.99. The van der Waals surface area contributed by atoms with Crippen molar-refractivity contribution in [2.45, 2.75) is 26.7 Å². The molecule has 1 aliphatic rings. The number of hydrogen-bond donors (Lipinski definition) is 2. The summed E-state index contributed by atoms with van der Waals surface area (Å²) in [7, 11) is 0. The first-order valence-corrected chi connectivity index (χ1v) is 9.00. The first-order chi connectivity index (χ1) is 13.0. The van der Waals surface area contributed by atoms with Crippen molar-refractivity contribution < 1.29 is 19.1 Å². The van der Waals surface area contributed by atoms with E-state index in [1.54, 1.807) is 32.0 Å². The lowest BCUT2D eigenvalue weighted by Crippen LogP contribution is -2.45. The predicted molar refractivity (Wildman–Crippen MR) is 103 cm³/mol. The Morgan fingerprint density at radius 1 is 1.00 bits per heavy atom. The number of hydrogen-bond acceptors (Lipinski definition) is 4. The fraction of sp³-hybridized carbons (Fsp3) is 0.333. The molecule has 0 fully saturated rings. The zero-order valence-corrected chi connectivity index (χ0v) is 15.6. The van der Waals surface area contributed by atoms with Crippen molar-refractivity contribution in [2.75, 3.05) is 18.7 Å². The van der Waals surface area contributed by atoms with Crippen LogP contribution in [0.5, 0.6) is 11.5 Å². The third-order valence-corrected chi connectivity index (χ3v) is 4.54. The second kappa shape index (κ2) is 8.12. The van der Waals surface area contributed by atoms with Gasteiger partial charge in [0.2, 0.25) is 18.6 Å². The van der Waals surface area contributed by atoms with E-state index in [2.05, 4.69) is 22.8 Å². The highest BCUT2D eigenvalue weighted by atomic mass is 16.7. The molecule has 0 radical (unpaired) electrons. The Morgan fingerprint density at radius 2 is 1.74 bits per heavy atom. The van der Waals surface area contributed by atoms with Crippen molar-refractivity contribution in [3.05, 3.63) is 54.1 Å². The van der Waals surface area contributed by atoms with E-state index >= 15 is 0 Å². The molecule has 0 saturated heterocycles. The SMILES string of the molecule is CC(C)(C(=O)NCCCc1ccccc1)C(=O)Nc1ccc2c(c1)OCO2. The maximum Gasteiger partial charge on any atom is 0.239 e. The standard InChI is InChI=1S/C21H24N2O4/c1-21(2,19(24)22-12-6-9-15-7-4-3-5-8-15)20(25)23-16-10-11-17-18(13-16)27-14-26-17/h3-5,7-8,10-11,13H,6,9,12,14H2,1-2H3,(H,22,24)(H,23,25). The number of carbonyl (C=O) groups is 2. The van der Waals surface area contributed by atoms with Gasteiger partial charge in [-0.25, -0.2) is 0 Å². The van der Waals surface area contributed by atoms with Crippen molar-refractivity contribution in [1.82, 2.24) is 5.32 Å². The Labute approximate surface area is 158 Å². The summed E-state index contributed by atoms with van der Waals surface area (Å²) in [6, 6.07) is 15.2. The van der Waals surface area contributed by atoms with E-state index in [0.717, 1.165) is 12.8 Å². The summed E-state index contributed by atoms with van der Waals surface area (Å²) in [6.45, 7) is 3.92. The van der Waals surface area contributed by atoms with Crippen LogP contribution in [0.25, 0.3) is 0 Å². The quantitative estimate of drug-likeness (QED) is 0.581. The van der Waals surface area contributed by atoms with E-state index < -0.39 is 5.41 Å². The molecule has 2 amide bonds. The van der Waals surface area contributed by atoms with Gasteiger partial charge in [0, 0.05) is 18.3 Å². The molecule has 0 bridgehead atoms. The van der Waals surface area contributed by atoms with Gasteiger partial charge in [0.1, 0.15) is 5.41 Å². The van der Waals surface area contributed by atoms with Crippen molar-refractivity contribution in [1.29, 1.82) is 0 Å². The molecule has 0 aromatic heterocycles. The zero-order valence-electron chi connectivity index (χ0n) is 15.6. The highest BCUT2D eigenvalue weighted by molar-refractivity contribution is 6.09. The fourth-order valence-electron chi connectivity index (χ4n) is 2.72. The lowest BCUT2D eigenvalue weighted by Gasteiger charge is -2.22. The average molecular weight is 368 g/mol. The summed E-state index contributed by atoms with van der Waals surface area (Å²) in [5.74, 6) is 0.551. The monoisotopic (exact) mass is 368 g/mol. The van der Waals surface area contributed by atoms with E-state index in [1.807, 2.05) is 18.2 Å². The van der Waals surface area contributed by atoms with E-state index in [1.165, 1.54) is 5.56 Å². The predicted octanol–water partition coefficient (Wildman–Crippen LogP) is 3.13. The van der Waals surface area contributed by atoms with E-state index in [4.69, 9.17) is 9.47 Å². The number of nitrogens with one attached hydrogen (secondary N) is 2. The Balaban J connectivity index is 1.49. The number of anilines is 1. The van der Waals surface area contributed by atoms with Crippen LogP contribution in [0.1, 0.15) is 25.8 Å². The molecule has 0 spiro atoms. The van der Waals surface area contributed by atoms with Crippen LogP contribution >= 0.6 is 0 Å². The van der Waals surface area contributed by atoms with Gasteiger partial charge in [-0.2, -0.15) is 0 Å². The van der Waals surface area contributed by atoms with Crippen molar-refractivity contribution in [2.24, 2.45) is 5.41 Å². The Bertz CT molecular complexity index is 818. The van der Waals surface area contributed by atoms with Gasteiger partial charge in [0.15, 0.2) is 11.5 Å². The smallest absolute Gasteiger partial charge is 0.239 e. The van der Waals surface area contributed by atoms with Gasteiger partial charge in [0.25, 0.3) is 0 Å². The van der Waals surface area contributed by atoms with Gasteiger partial charge in [0.05, 0.1) is 0 Å². The number of amides is 2. The molecular weight excluding hydrogens is 344 g/mol. The normalized spacial score (nSPS) is 12.5. The third kappa shape index (κ3) is 4.58. The highest BCUT2D eigenvalue weighted by Gasteiger charge is 2.36. The van der Waals surface area contributed by atoms with Gasteiger partial charge >= 0.3 is 0 Å². The number of benzene rings is 2. The minimum Gasteiger partial charge on any atom is -0.454 e. The van der Waals surface area contributed by atoms with Crippen molar-refractivity contribution in [3.8, 4) is 11.5 Å². The van der Waals surface area contributed by atoms with Gasteiger partial charge in [-0.3, -0.25) is 9.59 Å². The Kier molecular flexibility index (Phi) is 5.64. The second-order valence-corrected chi connectivity index (χ2v) is 6.99. The molecular formula is C21H24N2O4. The van der Waals surface area contributed by atoms with Crippen molar-refractivity contribution >= 4 is 17.5 Å². The molecule has 0 aliphatic carbocycles. The number of ether oxygens (including phenoxy) is 2. The van der Waals surface area contributed by atoms with E-state index in [-0.39, 0.29) is 18.6 Å². The van der Waals surface area contributed by atoms with Crippen LogP contribution in [-0.2, 0) is 16.0 Å². The number of carbonyl (C=O) groups excluding carboxylic acids is 2. The number of rotatable bonds is 7. The fourth-order valence-corrected chi connectivity index (χ4v) is 2.72. The molecule has 2 aromatic rings. The van der Waals surface area contributed by atoms with Crippen LogP contribution in [0.3, 0.4) is 0 Å². The summed E-state index contributed by atoms with van der Waals surface area (Å²) in [6.07, 6.45) is 1.69. The maximum atomic E-state index is 12.6. The molecule has 2 aromatic carbocycles. The summed E-state index contributed by atoms with van der Waals surface area (Å²) in [5, 5.41) is 5.63. The number of aryl methyl sites for hydroxylation is 1. The maximum absolute atomic E-state index is 12.6. The molecule has 2 N–H and O–H groups in total. The summed E-state index contributed by atoms with van der Waals surface area (Å²) in [5.41, 5.74) is 0.601. The summed E-state index contributed by atoms with van der Waals surface area (Å²) >= 11 is 0. The molecule has 27 heavy (non-hydrogen) atoms. The molecule has 1 aliphatic heterocycles. The lowest BCUT2D eigenvalue weighted by molar-refractivity contribution is -0.138. The van der Waals surface area contributed by atoms with Crippen LogP contribution in [0.2, 0.25) is 0 Å². The number of fused-ring (bicyclic) bond motifs is 1. The molecule has 0 atom stereocenters. The van der Waals surface area contributed by atoms with Crippen LogP contribution in [0.4, 0.5) is 5.69 Å². The first-order valence-electron chi connectivity index (χ1n) is 9.00. The molecule has 3 rings (SSSR count). The van der Waals surface area contributed by atoms with Gasteiger partial charge < -0.3 is 20.1 Å². The highest BCUT2D eigenvalue weighted by Crippen LogP contribution is 2.34. The van der Waals surface area contributed by atoms with Crippen LogP contribution in [-0.4, -0.2) is 25.2 Å². The average Bonchev–Trinajstić information content (AvgIpc) is 3.13. The topological polar surface area (TPSA) is 76.7 Å². The lowest BCUT2D eigenvalue weighted by atomic mass is 9.91. The van der Waals surface area contributed by atoms with Gasteiger partial charge in [-0.15, -0.1) is 0 Å². The molecule has 142 valence electrons. The minimum atomic E-state index is -1.19. The van der Waals surface area contributed by atoms with Crippen LogP contribution in [0, 0.1) is 5.41 Å². The molecule has 6 nitrogen and oxygen atoms in total. The summed E-state index contributed by atoms with van der Waals surface area (Å²) < 4.78 is 10.6. The van der Waals surface area contributed by atoms with Crippen LogP contribution < -0.4 is 20.1 Å². The summed E-state index contributed by atoms with van der Waals surface area (Å²) in [4.78, 5) is 25.1. The molecule has 0 saturated carbocycles. The first kappa shape index (κ1) is 18.8. The minimum absolute atomic E-state index is 0.170. The largest absolute Gasteiger partial charge is 0.454 e. The van der Waals surface area contributed by atoms with Gasteiger partial charge in [-0.1, -0.05) is 30.3 Å². The van der Waals surface area contributed by atoms with Crippen molar-refractivity contribution in [3.63, 3.8) is 0 Å². The molecule has 6 heteroatoms. The Hall–Kier alpha value is -3.02. The molecule has 0 unspecified atom stereocenters. The zero-order chi connectivity index (χ0) is 19.3. The molecule has 1 heterocycles. The van der Waals surface area contributed by atoms with Crippen LogP contribution in [0.15, 0.2) is 48.5 Å².